The van der Waals surface area contributed by atoms with Gasteiger partial charge >= 0.3 is 0 Å². The van der Waals surface area contributed by atoms with Crippen molar-refractivity contribution in [3.8, 4) is 11.4 Å². The van der Waals surface area contributed by atoms with Crippen LogP contribution in [0.25, 0.3) is 11.4 Å². The van der Waals surface area contributed by atoms with Gasteiger partial charge in [0.1, 0.15) is 5.76 Å². The van der Waals surface area contributed by atoms with Crippen LogP contribution in [-0.2, 0) is 19.8 Å². The molecule has 9 heteroatoms. The minimum Gasteiger partial charge on any atom is -0.361 e. The van der Waals surface area contributed by atoms with Gasteiger partial charge in [-0.3, -0.25) is 19.4 Å². The molecule has 3 aromatic heterocycles. The fourth-order valence-corrected chi connectivity index (χ4v) is 3.79. The standard InChI is InChI=1S/C20H25N7OS/c1-3-7-26-19(17-5-4-6-21-13-17)22-27(20(26)29)15-25-10-8-24(9-11-25)14-18-12-16(2)28-23-18/h3-6,12-13H,1,7-11,14-15H2,2H3. The molecule has 0 spiro atoms. The molecule has 0 aliphatic carbocycles. The maximum atomic E-state index is 5.70. The number of pyridine rings is 1. The van der Waals surface area contributed by atoms with E-state index in [2.05, 4.69) is 26.5 Å². The van der Waals surface area contributed by atoms with Gasteiger partial charge in [-0.1, -0.05) is 11.2 Å². The molecule has 0 aromatic carbocycles. The van der Waals surface area contributed by atoms with Crippen molar-refractivity contribution in [1.29, 1.82) is 0 Å². The third-order valence-corrected chi connectivity index (χ3v) is 5.45. The molecule has 1 aliphatic heterocycles. The molecular weight excluding hydrogens is 386 g/mol. The third kappa shape index (κ3) is 4.52. The molecule has 1 fully saturated rings. The smallest absolute Gasteiger partial charge is 0.199 e. The number of nitrogens with zero attached hydrogens (tertiary/aromatic N) is 7. The lowest BCUT2D eigenvalue weighted by Gasteiger charge is -2.33. The predicted octanol–water partition coefficient (Wildman–Crippen LogP) is 2.73. The van der Waals surface area contributed by atoms with E-state index in [0.717, 1.165) is 55.6 Å². The zero-order chi connectivity index (χ0) is 20.2. The Kier molecular flexibility index (Phi) is 5.98. The molecule has 1 aliphatic rings. The molecule has 1 saturated heterocycles. The Morgan fingerprint density at radius 1 is 1.24 bits per heavy atom. The number of rotatable bonds is 7. The van der Waals surface area contributed by atoms with Crippen LogP contribution in [0.2, 0.25) is 0 Å². The SMILES string of the molecule is C=CCn1c(-c2cccnc2)nn(CN2CCN(Cc3cc(C)on3)CC2)c1=S. The highest BCUT2D eigenvalue weighted by Crippen LogP contribution is 2.18. The normalized spacial score (nSPS) is 15.6. The second kappa shape index (κ2) is 8.81. The van der Waals surface area contributed by atoms with Gasteiger partial charge in [-0.15, -0.1) is 6.58 Å². The molecule has 29 heavy (non-hydrogen) atoms. The quantitative estimate of drug-likeness (QED) is 0.437. The van der Waals surface area contributed by atoms with Crippen LogP contribution in [0.5, 0.6) is 0 Å². The Morgan fingerprint density at radius 2 is 2.03 bits per heavy atom. The van der Waals surface area contributed by atoms with E-state index in [4.69, 9.17) is 21.8 Å². The minimum absolute atomic E-state index is 0.619. The first-order valence-corrected chi connectivity index (χ1v) is 10.1. The maximum Gasteiger partial charge on any atom is 0.199 e. The average Bonchev–Trinajstić information content (AvgIpc) is 3.28. The molecule has 0 radical (unpaired) electrons. The highest BCUT2D eigenvalue weighted by molar-refractivity contribution is 7.71. The van der Waals surface area contributed by atoms with Gasteiger partial charge in [0.2, 0.25) is 0 Å². The van der Waals surface area contributed by atoms with Crippen LogP contribution in [0.4, 0.5) is 0 Å². The van der Waals surface area contributed by atoms with Gasteiger partial charge < -0.3 is 4.52 Å². The Hall–Kier alpha value is -2.62. The van der Waals surface area contributed by atoms with Gasteiger partial charge in [0.15, 0.2) is 10.6 Å². The lowest BCUT2D eigenvalue weighted by molar-refractivity contribution is 0.0966. The highest BCUT2D eigenvalue weighted by Gasteiger charge is 2.20. The van der Waals surface area contributed by atoms with Crippen LogP contribution in [0, 0.1) is 11.7 Å². The van der Waals surface area contributed by atoms with Gasteiger partial charge in [0, 0.05) is 63.3 Å². The average molecular weight is 412 g/mol. The molecule has 0 atom stereocenters. The van der Waals surface area contributed by atoms with Gasteiger partial charge in [0.05, 0.1) is 12.4 Å². The van der Waals surface area contributed by atoms with Crippen molar-refractivity contribution >= 4 is 12.2 Å². The van der Waals surface area contributed by atoms with E-state index >= 15 is 0 Å². The van der Waals surface area contributed by atoms with Crippen LogP contribution in [0.1, 0.15) is 11.5 Å². The number of aryl methyl sites for hydroxylation is 1. The second-order valence-electron chi connectivity index (χ2n) is 7.21. The first kappa shape index (κ1) is 19.7. The van der Waals surface area contributed by atoms with Crippen LogP contribution < -0.4 is 0 Å². The summed E-state index contributed by atoms with van der Waals surface area (Å²) in [6, 6.07) is 5.90. The number of allylic oxidation sites excluding steroid dienone is 1. The van der Waals surface area contributed by atoms with E-state index in [0.29, 0.717) is 18.0 Å². The molecule has 4 rings (SSSR count). The molecule has 4 heterocycles. The Morgan fingerprint density at radius 3 is 2.69 bits per heavy atom. The zero-order valence-corrected chi connectivity index (χ0v) is 17.4. The molecule has 0 bridgehead atoms. The molecule has 8 nitrogen and oxygen atoms in total. The minimum atomic E-state index is 0.619. The van der Waals surface area contributed by atoms with E-state index in [9.17, 15) is 0 Å². The number of aromatic nitrogens is 5. The molecule has 3 aromatic rings. The summed E-state index contributed by atoms with van der Waals surface area (Å²) in [5.74, 6) is 1.68. The maximum absolute atomic E-state index is 5.70. The molecule has 0 unspecified atom stereocenters. The molecule has 0 saturated carbocycles. The van der Waals surface area contributed by atoms with Crippen LogP contribution >= 0.6 is 12.2 Å². The van der Waals surface area contributed by atoms with Crippen LogP contribution in [-0.4, -0.2) is 60.5 Å². The summed E-state index contributed by atoms with van der Waals surface area (Å²) in [5.41, 5.74) is 1.94. The van der Waals surface area contributed by atoms with E-state index in [1.54, 1.807) is 6.20 Å². The largest absolute Gasteiger partial charge is 0.361 e. The van der Waals surface area contributed by atoms with Crippen molar-refractivity contribution in [3.05, 3.63) is 59.5 Å². The van der Waals surface area contributed by atoms with Crippen molar-refractivity contribution in [2.75, 3.05) is 26.2 Å². The summed E-state index contributed by atoms with van der Waals surface area (Å²) in [7, 11) is 0. The summed E-state index contributed by atoms with van der Waals surface area (Å²) in [4.78, 5) is 8.98. The number of piperazine rings is 1. The highest BCUT2D eigenvalue weighted by atomic mass is 32.1. The molecule has 0 amide bonds. The predicted molar refractivity (Wildman–Crippen MR) is 113 cm³/mol. The molecule has 152 valence electrons. The first-order chi connectivity index (χ1) is 14.1. The van der Waals surface area contributed by atoms with Gasteiger partial charge in [-0.2, -0.15) is 5.10 Å². The second-order valence-corrected chi connectivity index (χ2v) is 7.58. The topological polar surface area (TPSA) is 68.2 Å². The van der Waals surface area contributed by atoms with Crippen LogP contribution in [0.15, 0.2) is 47.8 Å². The summed E-state index contributed by atoms with van der Waals surface area (Å²) in [5, 5.41) is 8.89. The van der Waals surface area contributed by atoms with E-state index in [-0.39, 0.29) is 0 Å². The summed E-state index contributed by atoms with van der Waals surface area (Å²) in [6.45, 7) is 11.7. The monoisotopic (exact) mass is 411 g/mol. The van der Waals surface area contributed by atoms with Gasteiger partial charge in [0.25, 0.3) is 0 Å². The number of hydrogen-bond acceptors (Lipinski definition) is 7. The Labute approximate surface area is 175 Å². The lowest BCUT2D eigenvalue weighted by Crippen LogP contribution is -2.46. The van der Waals surface area contributed by atoms with Crippen LogP contribution in [0.3, 0.4) is 0 Å². The van der Waals surface area contributed by atoms with Crippen molar-refractivity contribution < 1.29 is 4.52 Å². The lowest BCUT2D eigenvalue weighted by atomic mass is 10.3. The molecular formula is C20H25N7OS. The van der Waals surface area contributed by atoms with Crippen molar-refractivity contribution in [3.63, 3.8) is 0 Å². The Bertz CT molecular complexity index is 1020. The van der Waals surface area contributed by atoms with Gasteiger partial charge in [-0.25, -0.2) is 4.68 Å². The fraction of sp³-hybridized carbons (Fsp3) is 0.400. The molecule has 0 N–H and O–H groups in total. The van der Waals surface area contributed by atoms with Crippen molar-refractivity contribution in [2.24, 2.45) is 0 Å². The fourth-order valence-electron chi connectivity index (χ4n) is 3.54. The van der Waals surface area contributed by atoms with E-state index in [1.807, 2.05) is 46.6 Å². The summed E-state index contributed by atoms with van der Waals surface area (Å²) < 4.78 is 9.77. The summed E-state index contributed by atoms with van der Waals surface area (Å²) >= 11 is 5.70. The summed E-state index contributed by atoms with van der Waals surface area (Å²) in [6.07, 6.45) is 5.41. The third-order valence-electron chi connectivity index (χ3n) is 5.02. The van der Waals surface area contributed by atoms with E-state index in [1.165, 1.54) is 0 Å². The Balaban J connectivity index is 1.43. The van der Waals surface area contributed by atoms with E-state index < -0.39 is 0 Å². The number of hydrogen-bond donors (Lipinski definition) is 0. The zero-order valence-electron chi connectivity index (χ0n) is 16.6. The first-order valence-electron chi connectivity index (χ1n) is 9.70. The van der Waals surface area contributed by atoms with Gasteiger partial charge in [-0.05, 0) is 31.3 Å². The van der Waals surface area contributed by atoms with Crippen molar-refractivity contribution in [1.82, 2.24) is 34.3 Å². The van der Waals surface area contributed by atoms with Crippen molar-refractivity contribution in [2.45, 2.75) is 26.7 Å².